The molecule has 0 unspecified atom stereocenters. The summed E-state index contributed by atoms with van der Waals surface area (Å²) in [5, 5.41) is 0. The molecule has 76 valence electrons. The van der Waals surface area contributed by atoms with Crippen molar-refractivity contribution in [2.24, 2.45) is 0 Å². The fraction of sp³-hybridized carbons (Fsp3) is 0.900. The maximum Gasteiger partial charge on any atom is 0.320 e. The van der Waals surface area contributed by atoms with E-state index >= 15 is 0 Å². The Morgan fingerprint density at radius 2 is 1.77 bits per heavy atom. The van der Waals surface area contributed by atoms with Gasteiger partial charge in [0.25, 0.3) is 0 Å². The molecule has 1 fully saturated rings. The lowest BCUT2D eigenvalue weighted by Gasteiger charge is -2.32. The second-order valence-electron chi connectivity index (χ2n) is 4.89. The number of hydrogen-bond donors (Lipinski definition) is 0. The zero-order chi connectivity index (χ0) is 10.2. The molecule has 0 radical (unpaired) electrons. The fourth-order valence-corrected chi connectivity index (χ4v) is 1.66. The molecule has 0 aromatic heterocycles. The number of amides is 2. The minimum absolute atomic E-state index is 0.0409. The first kappa shape index (κ1) is 10.4. The molecule has 3 heteroatoms. The molecule has 1 rings (SSSR count). The summed E-state index contributed by atoms with van der Waals surface area (Å²) in [4.78, 5) is 15.7. The highest BCUT2D eigenvalue weighted by atomic mass is 16.2. The van der Waals surface area contributed by atoms with E-state index in [1.54, 1.807) is 0 Å². The normalized spacial score (nSPS) is 19.1. The van der Waals surface area contributed by atoms with E-state index in [0.717, 1.165) is 13.1 Å². The molecule has 0 aliphatic carbocycles. The van der Waals surface area contributed by atoms with Crippen molar-refractivity contribution >= 4 is 6.03 Å². The number of hydrogen-bond acceptors (Lipinski definition) is 1. The van der Waals surface area contributed by atoms with E-state index in [1.165, 1.54) is 0 Å². The summed E-state index contributed by atoms with van der Waals surface area (Å²) >= 11 is 0. The van der Waals surface area contributed by atoms with Gasteiger partial charge in [0.2, 0.25) is 0 Å². The largest absolute Gasteiger partial charge is 0.320 e. The van der Waals surface area contributed by atoms with Crippen LogP contribution >= 0.6 is 0 Å². The van der Waals surface area contributed by atoms with Crippen LogP contribution in [0.5, 0.6) is 0 Å². The van der Waals surface area contributed by atoms with E-state index in [9.17, 15) is 4.79 Å². The smallest absolute Gasteiger partial charge is 0.320 e. The minimum atomic E-state index is -0.0409. The molecule has 0 bridgehead atoms. The zero-order valence-corrected chi connectivity index (χ0v) is 9.29. The Morgan fingerprint density at radius 3 is 2.00 bits per heavy atom. The van der Waals surface area contributed by atoms with Gasteiger partial charge in [-0.1, -0.05) is 0 Å². The molecule has 3 nitrogen and oxygen atoms in total. The van der Waals surface area contributed by atoms with E-state index in [1.807, 2.05) is 9.80 Å². The van der Waals surface area contributed by atoms with Crippen LogP contribution in [0.3, 0.4) is 0 Å². The van der Waals surface area contributed by atoms with Crippen LogP contribution in [-0.2, 0) is 0 Å². The molecule has 13 heavy (non-hydrogen) atoms. The average molecular weight is 184 g/mol. The van der Waals surface area contributed by atoms with Crippen LogP contribution in [0, 0.1) is 0 Å². The van der Waals surface area contributed by atoms with Gasteiger partial charge >= 0.3 is 6.03 Å². The van der Waals surface area contributed by atoms with Gasteiger partial charge in [0.15, 0.2) is 0 Å². The Balaban J connectivity index is 2.72. The summed E-state index contributed by atoms with van der Waals surface area (Å²) in [5.41, 5.74) is -0.0409. The molecule has 1 saturated heterocycles. The summed E-state index contributed by atoms with van der Waals surface area (Å²) < 4.78 is 0. The van der Waals surface area contributed by atoms with E-state index in [-0.39, 0.29) is 11.6 Å². The molecule has 0 N–H and O–H groups in total. The summed E-state index contributed by atoms with van der Waals surface area (Å²) in [6.07, 6.45) is 0. The van der Waals surface area contributed by atoms with Gasteiger partial charge in [-0.3, -0.25) is 0 Å². The number of carbonyl (C=O) groups excluding carboxylic acids is 1. The number of rotatable bonds is 1. The van der Waals surface area contributed by atoms with Gasteiger partial charge in [0.05, 0.1) is 0 Å². The lowest BCUT2D eigenvalue weighted by atomic mass is 10.1. The lowest BCUT2D eigenvalue weighted by Crippen LogP contribution is -2.45. The van der Waals surface area contributed by atoms with Gasteiger partial charge in [0.1, 0.15) is 0 Å². The first-order chi connectivity index (χ1) is 5.84. The second-order valence-corrected chi connectivity index (χ2v) is 4.89. The summed E-state index contributed by atoms with van der Waals surface area (Å²) in [6, 6.07) is 0.502. The summed E-state index contributed by atoms with van der Waals surface area (Å²) in [6.45, 7) is 12.1. The number of nitrogens with zero attached hydrogens (tertiary/aromatic N) is 2. The van der Waals surface area contributed by atoms with Crippen molar-refractivity contribution in [3.8, 4) is 0 Å². The third-order valence-electron chi connectivity index (χ3n) is 2.47. The molecule has 0 spiro atoms. The molecule has 0 atom stereocenters. The third-order valence-corrected chi connectivity index (χ3v) is 2.47. The van der Waals surface area contributed by atoms with Crippen LogP contribution in [0.4, 0.5) is 4.79 Å². The zero-order valence-electron chi connectivity index (χ0n) is 9.29. The molecular formula is C10H20N2O. The topological polar surface area (TPSA) is 23.6 Å². The van der Waals surface area contributed by atoms with Crippen molar-refractivity contribution in [2.75, 3.05) is 13.1 Å². The van der Waals surface area contributed by atoms with Crippen LogP contribution in [0.2, 0.25) is 0 Å². The van der Waals surface area contributed by atoms with Crippen molar-refractivity contribution in [3.63, 3.8) is 0 Å². The molecule has 0 aromatic rings. The van der Waals surface area contributed by atoms with Crippen molar-refractivity contribution in [1.29, 1.82) is 0 Å². The van der Waals surface area contributed by atoms with Crippen molar-refractivity contribution < 1.29 is 4.79 Å². The first-order valence-electron chi connectivity index (χ1n) is 4.92. The van der Waals surface area contributed by atoms with E-state index < -0.39 is 0 Å². The number of urea groups is 1. The molecule has 0 aromatic carbocycles. The van der Waals surface area contributed by atoms with Gasteiger partial charge in [-0.25, -0.2) is 4.79 Å². The molecule has 2 amide bonds. The van der Waals surface area contributed by atoms with Crippen LogP contribution in [0.25, 0.3) is 0 Å². The predicted octanol–water partition coefficient (Wildman–Crippen LogP) is 1.93. The molecule has 1 aliphatic rings. The Morgan fingerprint density at radius 1 is 1.23 bits per heavy atom. The average Bonchev–Trinajstić information content (AvgIpc) is 2.28. The Bertz CT molecular complexity index is 205. The lowest BCUT2D eigenvalue weighted by molar-refractivity contribution is 0.150. The van der Waals surface area contributed by atoms with Gasteiger partial charge in [0, 0.05) is 24.7 Å². The molecule has 0 saturated carbocycles. The van der Waals surface area contributed by atoms with Crippen molar-refractivity contribution in [3.05, 3.63) is 0 Å². The fourth-order valence-electron chi connectivity index (χ4n) is 1.66. The Hall–Kier alpha value is -0.730. The van der Waals surface area contributed by atoms with Crippen LogP contribution in [-0.4, -0.2) is 40.5 Å². The number of carbonyl (C=O) groups is 1. The maximum absolute atomic E-state index is 11.8. The van der Waals surface area contributed by atoms with Gasteiger partial charge in [-0.05, 0) is 34.6 Å². The monoisotopic (exact) mass is 184 g/mol. The highest BCUT2D eigenvalue weighted by molar-refractivity contribution is 5.77. The first-order valence-corrected chi connectivity index (χ1v) is 4.92. The van der Waals surface area contributed by atoms with Crippen LogP contribution < -0.4 is 0 Å². The molecule has 1 aliphatic heterocycles. The van der Waals surface area contributed by atoms with Crippen LogP contribution in [0.1, 0.15) is 34.6 Å². The highest BCUT2D eigenvalue weighted by Gasteiger charge is 2.36. The SMILES string of the molecule is CC(C)N1CCN(C(C)(C)C)C1=O. The van der Waals surface area contributed by atoms with Gasteiger partial charge < -0.3 is 9.80 Å². The Kier molecular flexibility index (Phi) is 2.55. The molecular weight excluding hydrogens is 164 g/mol. The van der Waals surface area contributed by atoms with Gasteiger partial charge in [-0.15, -0.1) is 0 Å². The highest BCUT2D eigenvalue weighted by Crippen LogP contribution is 2.21. The van der Waals surface area contributed by atoms with Crippen molar-refractivity contribution in [1.82, 2.24) is 9.80 Å². The third kappa shape index (κ3) is 1.95. The molecule has 1 heterocycles. The maximum atomic E-state index is 11.8. The minimum Gasteiger partial charge on any atom is -0.320 e. The van der Waals surface area contributed by atoms with E-state index in [2.05, 4.69) is 34.6 Å². The predicted molar refractivity (Wildman–Crippen MR) is 53.7 cm³/mol. The van der Waals surface area contributed by atoms with Crippen molar-refractivity contribution in [2.45, 2.75) is 46.2 Å². The van der Waals surface area contributed by atoms with Crippen LogP contribution in [0.15, 0.2) is 0 Å². The van der Waals surface area contributed by atoms with E-state index in [0.29, 0.717) is 6.04 Å². The van der Waals surface area contributed by atoms with E-state index in [4.69, 9.17) is 0 Å². The standard InChI is InChI=1S/C10H20N2O/c1-8(2)11-6-7-12(9(11)13)10(3,4)5/h8H,6-7H2,1-5H3. The summed E-state index contributed by atoms with van der Waals surface area (Å²) in [5.74, 6) is 0. The summed E-state index contributed by atoms with van der Waals surface area (Å²) in [7, 11) is 0. The quantitative estimate of drug-likeness (QED) is 0.611. The van der Waals surface area contributed by atoms with Gasteiger partial charge in [-0.2, -0.15) is 0 Å². The second kappa shape index (κ2) is 3.20. The Labute approximate surface area is 80.7 Å².